The van der Waals surface area contributed by atoms with E-state index in [1.807, 2.05) is 37.3 Å². The summed E-state index contributed by atoms with van der Waals surface area (Å²) in [4.78, 5) is 26.0. The SMILES string of the molecule is Cc1c(C(=O)NNC(=O)c2ccccc2SCC2CCCO2)oc2ccccc12. The van der Waals surface area contributed by atoms with Crippen molar-refractivity contribution in [1.29, 1.82) is 0 Å². The van der Waals surface area contributed by atoms with Gasteiger partial charge in [0.2, 0.25) is 0 Å². The summed E-state index contributed by atoms with van der Waals surface area (Å²) in [5.74, 6) is 0.126. The Morgan fingerprint density at radius 2 is 1.83 bits per heavy atom. The molecule has 0 aliphatic carbocycles. The monoisotopic (exact) mass is 410 g/mol. The third-order valence-electron chi connectivity index (χ3n) is 4.92. The summed E-state index contributed by atoms with van der Waals surface area (Å²) in [6.45, 7) is 2.63. The Labute approximate surface area is 173 Å². The highest BCUT2D eigenvalue weighted by molar-refractivity contribution is 7.99. The van der Waals surface area contributed by atoms with E-state index in [0.29, 0.717) is 11.1 Å². The first-order chi connectivity index (χ1) is 14.1. The molecule has 29 heavy (non-hydrogen) atoms. The molecule has 6 nitrogen and oxygen atoms in total. The molecule has 7 heteroatoms. The molecule has 3 aromatic rings. The van der Waals surface area contributed by atoms with Gasteiger partial charge in [-0.15, -0.1) is 11.8 Å². The van der Waals surface area contributed by atoms with Crippen LogP contribution in [0.3, 0.4) is 0 Å². The van der Waals surface area contributed by atoms with E-state index in [1.54, 1.807) is 30.0 Å². The highest BCUT2D eigenvalue weighted by Crippen LogP contribution is 2.27. The van der Waals surface area contributed by atoms with Gasteiger partial charge in [0.25, 0.3) is 5.91 Å². The van der Waals surface area contributed by atoms with Gasteiger partial charge in [0.1, 0.15) is 5.58 Å². The number of ether oxygens (including phenoxy) is 1. The summed E-state index contributed by atoms with van der Waals surface area (Å²) in [5.41, 5.74) is 6.83. The zero-order valence-electron chi connectivity index (χ0n) is 16.1. The molecule has 0 saturated carbocycles. The summed E-state index contributed by atoms with van der Waals surface area (Å²) >= 11 is 1.59. The first kappa shape index (κ1) is 19.5. The normalized spacial score (nSPS) is 16.1. The number of thioether (sulfide) groups is 1. The molecular formula is C22H22N2O4S. The standard InChI is InChI=1S/C22H22N2O4S/c1-14-16-8-2-4-10-18(16)28-20(14)22(26)24-23-21(25)17-9-3-5-11-19(17)29-13-15-7-6-12-27-15/h2-5,8-11,15H,6-7,12-13H2,1H3,(H,23,25)(H,24,26). The molecule has 1 atom stereocenters. The van der Waals surface area contributed by atoms with Gasteiger partial charge < -0.3 is 9.15 Å². The van der Waals surface area contributed by atoms with E-state index in [2.05, 4.69) is 10.9 Å². The Kier molecular flexibility index (Phi) is 5.87. The zero-order valence-corrected chi connectivity index (χ0v) is 16.9. The van der Waals surface area contributed by atoms with E-state index in [1.165, 1.54) is 0 Å². The zero-order chi connectivity index (χ0) is 20.2. The van der Waals surface area contributed by atoms with Gasteiger partial charge in [-0.05, 0) is 38.0 Å². The van der Waals surface area contributed by atoms with Gasteiger partial charge in [0.05, 0.1) is 11.7 Å². The fourth-order valence-corrected chi connectivity index (χ4v) is 4.49. The third-order valence-corrected chi connectivity index (χ3v) is 6.13. The molecule has 1 fully saturated rings. The molecule has 0 bridgehead atoms. The summed E-state index contributed by atoms with van der Waals surface area (Å²) in [7, 11) is 0. The minimum Gasteiger partial charge on any atom is -0.451 e. The molecule has 1 aliphatic rings. The number of hydrazine groups is 1. The molecule has 4 rings (SSSR count). The summed E-state index contributed by atoms with van der Waals surface area (Å²) < 4.78 is 11.3. The lowest BCUT2D eigenvalue weighted by Crippen LogP contribution is -2.41. The molecule has 2 N–H and O–H groups in total. The number of nitrogens with one attached hydrogen (secondary N) is 2. The van der Waals surface area contributed by atoms with Crippen LogP contribution in [0.4, 0.5) is 0 Å². The van der Waals surface area contributed by atoms with Crippen LogP contribution in [0.5, 0.6) is 0 Å². The molecule has 1 unspecified atom stereocenters. The fraction of sp³-hybridized carbons (Fsp3) is 0.273. The Balaban J connectivity index is 1.41. The van der Waals surface area contributed by atoms with Crippen LogP contribution >= 0.6 is 11.8 Å². The third kappa shape index (κ3) is 4.31. The van der Waals surface area contributed by atoms with Crippen LogP contribution in [0.2, 0.25) is 0 Å². The first-order valence-corrected chi connectivity index (χ1v) is 10.5. The van der Waals surface area contributed by atoms with Gasteiger partial charge in [-0.2, -0.15) is 0 Å². The van der Waals surface area contributed by atoms with Crippen molar-refractivity contribution in [3.05, 3.63) is 65.4 Å². The van der Waals surface area contributed by atoms with Crippen molar-refractivity contribution in [3.63, 3.8) is 0 Å². The maximum Gasteiger partial charge on any atom is 0.305 e. The van der Waals surface area contributed by atoms with E-state index in [9.17, 15) is 9.59 Å². The summed E-state index contributed by atoms with van der Waals surface area (Å²) in [5, 5.41) is 0.875. The number of aryl methyl sites for hydroxylation is 1. The number of hydrogen-bond donors (Lipinski definition) is 2. The number of amides is 2. The molecular weight excluding hydrogens is 388 g/mol. The first-order valence-electron chi connectivity index (χ1n) is 9.55. The second-order valence-corrected chi connectivity index (χ2v) is 7.96. The van der Waals surface area contributed by atoms with Crippen molar-refractivity contribution in [2.45, 2.75) is 30.8 Å². The van der Waals surface area contributed by atoms with Gasteiger partial charge in [-0.25, -0.2) is 0 Å². The second-order valence-electron chi connectivity index (χ2n) is 6.90. The number of hydrogen-bond acceptors (Lipinski definition) is 5. The number of carbonyl (C=O) groups is 2. The Hall–Kier alpha value is -2.77. The van der Waals surface area contributed by atoms with Crippen molar-refractivity contribution in [3.8, 4) is 0 Å². The number of benzene rings is 2. The summed E-state index contributed by atoms with van der Waals surface area (Å²) in [6.07, 6.45) is 2.36. The van der Waals surface area contributed by atoms with Crippen LogP contribution in [-0.2, 0) is 4.74 Å². The van der Waals surface area contributed by atoms with E-state index in [0.717, 1.165) is 41.0 Å². The van der Waals surface area contributed by atoms with Gasteiger partial charge >= 0.3 is 5.91 Å². The Morgan fingerprint density at radius 1 is 1.07 bits per heavy atom. The highest BCUT2D eigenvalue weighted by atomic mass is 32.2. The van der Waals surface area contributed by atoms with E-state index in [4.69, 9.17) is 9.15 Å². The fourth-order valence-electron chi connectivity index (χ4n) is 3.37. The number of rotatable bonds is 5. The van der Waals surface area contributed by atoms with Crippen LogP contribution < -0.4 is 10.9 Å². The van der Waals surface area contributed by atoms with Crippen LogP contribution in [0.1, 0.15) is 39.3 Å². The second kappa shape index (κ2) is 8.71. The molecule has 1 aliphatic heterocycles. The van der Waals surface area contributed by atoms with E-state index in [-0.39, 0.29) is 17.8 Å². The molecule has 1 saturated heterocycles. The Bertz CT molecular complexity index is 1040. The lowest BCUT2D eigenvalue weighted by Gasteiger charge is -2.12. The van der Waals surface area contributed by atoms with Crippen molar-refractivity contribution < 1.29 is 18.7 Å². The molecule has 2 aromatic carbocycles. The maximum absolute atomic E-state index is 12.7. The number of fused-ring (bicyclic) bond motifs is 1. The lowest BCUT2D eigenvalue weighted by atomic mass is 10.1. The van der Waals surface area contributed by atoms with Crippen molar-refractivity contribution >= 4 is 34.5 Å². The number of carbonyl (C=O) groups excluding carboxylic acids is 2. The van der Waals surface area contributed by atoms with Gasteiger partial charge in [0.15, 0.2) is 5.76 Å². The van der Waals surface area contributed by atoms with E-state index < -0.39 is 5.91 Å². The average molecular weight is 410 g/mol. The predicted molar refractivity (Wildman–Crippen MR) is 112 cm³/mol. The number of furan rings is 1. The lowest BCUT2D eigenvalue weighted by molar-refractivity contribution is 0.0830. The average Bonchev–Trinajstić information content (AvgIpc) is 3.39. The van der Waals surface area contributed by atoms with Crippen molar-refractivity contribution in [1.82, 2.24) is 10.9 Å². The van der Waals surface area contributed by atoms with Gasteiger partial charge in [-0.1, -0.05) is 30.3 Å². The van der Waals surface area contributed by atoms with Crippen LogP contribution in [-0.4, -0.2) is 30.3 Å². The van der Waals surface area contributed by atoms with Crippen molar-refractivity contribution in [2.75, 3.05) is 12.4 Å². The molecule has 0 radical (unpaired) electrons. The highest BCUT2D eigenvalue weighted by Gasteiger charge is 2.20. The van der Waals surface area contributed by atoms with Gasteiger partial charge in [-0.3, -0.25) is 20.4 Å². The quantitative estimate of drug-likeness (QED) is 0.489. The smallest absolute Gasteiger partial charge is 0.305 e. The maximum atomic E-state index is 12.7. The topological polar surface area (TPSA) is 80.6 Å². The molecule has 150 valence electrons. The minimum atomic E-state index is -0.489. The molecule has 2 heterocycles. The largest absolute Gasteiger partial charge is 0.451 e. The van der Waals surface area contributed by atoms with Crippen molar-refractivity contribution in [2.24, 2.45) is 0 Å². The summed E-state index contributed by atoms with van der Waals surface area (Å²) in [6, 6.07) is 14.8. The number of para-hydroxylation sites is 1. The van der Waals surface area contributed by atoms with Crippen LogP contribution in [0, 0.1) is 6.92 Å². The van der Waals surface area contributed by atoms with Gasteiger partial charge in [0, 0.05) is 28.2 Å². The Morgan fingerprint density at radius 3 is 2.62 bits per heavy atom. The van der Waals surface area contributed by atoms with Crippen LogP contribution in [0.15, 0.2) is 57.8 Å². The molecule has 1 aromatic heterocycles. The molecule has 0 spiro atoms. The van der Waals surface area contributed by atoms with E-state index >= 15 is 0 Å². The van der Waals surface area contributed by atoms with Crippen LogP contribution in [0.25, 0.3) is 11.0 Å². The predicted octanol–water partition coefficient (Wildman–Crippen LogP) is 4.09. The minimum absolute atomic E-state index is 0.188. The molecule has 2 amide bonds.